The van der Waals surface area contributed by atoms with Crippen LogP contribution in [0.15, 0.2) is 30.3 Å². The van der Waals surface area contributed by atoms with Crippen molar-refractivity contribution in [3.8, 4) is 0 Å². The third-order valence-corrected chi connectivity index (χ3v) is 3.85. The highest BCUT2D eigenvalue weighted by atomic mass is 16.2. The van der Waals surface area contributed by atoms with E-state index in [2.05, 4.69) is 10.3 Å². The Morgan fingerprint density at radius 1 is 1.14 bits per heavy atom. The minimum atomic E-state index is -0.414. The maximum absolute atomic E-state index is 12.2. The molecular formula is C15H22N4O2. The minimum Gasteiger partial charge on any atom is -0.342 e. The Hall–Kier alpha value is -1.92. The van der Waals surface area contributed by atoms with E-state index >= 15 is 0 Å². The average molecular weight is 290 g/mol. The molecule has 1 saturated heterocycles. The predicted octanol–water partition coefficient (Wildman–Crippen LogP) is 0.272. The summed E-state index contributed by atoms with van der Waals surface area (Å²) in [7, 11) is 0. The van der Waals surface area contributed by atoms with Crippen molar-refractivity contribution in [2.75, 3.05) is 26.2 Å². The van der Waals surface area contributed by atoms with E-state index in [0.717, 1.165) is 25.1 Å². The zero-order valence-electron chi connectivity index (χ0n) is 12.3. The molecule has 2 rings (SSSR count). The number of hydrazine groups is 1. The number of rotatable bonds is 3. The van der Waals surface area contributed by atoms with Crippen LogP contribution in [-0.2, 0) is 9.59 Å². The van der Waals surface area contributed by atoms with Crippen molar-refractivity contribution < 1.29 is 9.59 Å². The van der Waals surface area contributed by atoms with Gasteiger partial charge in [0.1, 0.15) is 6.04 Å². The Morgan fingerprint density at radius 2 is 1.86 bits per heavy atom. The fourth-order valence-corrected chi connectivity index (χ4v) is 2.75. The van der Waals surface area contributed by atoms with Gasteiger partial charge in [-0.3, -0.25) is 19.9 Å². The van der Waals surface area contributed by atoms with E-state index < -0.39 is 6.04 Å². The molecule has 21 heavy (non-hydrogen) atoms. The Morgan fingerprint density at radius 3 is 2.48 bits per heavy atom. The lowest BCUT2D eigenvalue weighted by Crippen LogP contribution is -2.44. The van der Waals surface area contributed by atoms with Gasteiger partial charge in [-0.2, -0.15) is 0 Å². The SMILES string of the molecule is CC(=O)N1CCCN(C(C(=O)NN)c2ccccc2)CC1. The average Bonchev–Trinajstić information content (AvgIpc) is 2.74. The van der Waals surface area contributed by atoms with Gasteiger partial charge in [0, 0.05) is 33.1 Å². The second kappa shape index (κ2) is 7.19. The van der Waals surface area contributed by atoms with Gasteiger partial charge in [0.05, 0.1) is 0 Å². The molecule has 0 aromatic heterocycles. The van der Waals surface area contributed by atoms with Crippen LogP contribution in [0.25, 0.3) is 0 Å². The molecule has 0 aliphatic carbocycles. The highest BCUT2D eigenvalue weighted by Crippen LogP contribution is 2.22. The Bertz CT molecular complexity index is 492. The summed E-state index contributed by atoms with van der Waals surface area (Å²) in [5.41, 5.74) is 3.17. The summed E-state index contributed by atoms with van der Waals surface area (Å²) in [4.78, 5) is 27.6. The lowest BCUT2D eigenvalue weighted by atomic mass is 10.0. The van der Waals surface area contributed by atoms with Crippen LogP contribution in [0, 0.1) is 0 Å². The van der Waals surface area contributed by atoms with Gasteiger partial charge in [-0.05, 0) is 12.0 Å². The van der Waals surface area contributed by atoms with Crippen LogP contribution in [0.1, 0.15) is 24.9 Å². The first-order chi connectivity index (χ1) is 10.1. The van der Waals surface area contributed by atoms with Gasteiger partial charge in [0.25, 0.3) is 5.91 Å². The molecule has 1 atom stereocenters. The van der Waals surface area contributed by atoms with E-state index in [1.54, 1.807) is 6.92 Å². The van der Waals surface area contributed by atoms with Crippen molar-refractivity contribution in [2.45, 2.75) is 19.4 Å². The lowest BCUT2D eigenvalue weighted by Gasteiger charge is -2.29. The van der Waals surface area contributed by atoms with Gasteiger partial charge in [0.2, 0.25) is 5.91 Å². The molecule has 0 bridgehead atoms. The van der Waals surface area contributed by atoms with E-state index in [4.69, 9.17) is 5.84 Å². The van der Waals surface area contributed by atoms with Gasteiger partial charge in [0.15, 0.2) is 0 Å². The standard InChI is InChI=1S/C15H22N4O2/c1-12(20)18-8-5-9-19(11-10-18)14(15(21)17-16)13-6-3-2-4-7-13/h2-4,6-7,14H,5,8-11,16H2,1H3,(H,17,21). The molecule has 0 radical (unpaired) electrons. The number of hydrogen-bond donors (Lipinski definition) is 2. The zero-order valence-corrected chi connectivity index (χ0v) is 12.3. The van der Waals surface area contributed by atoms with Crippen LogP contribution in [0.5, 0.6) is 0 Å². The number of nitrogens with two attached hydrogens (primary N) is 1. The third kappa shape index (κ3) is 3.80. The largest absolute Gasteiger partial charge is 0.342 e. The molecule has 1 aromatic rings. The number of hydrogen-bond acceptors (Lipinski definition) is 4. The Labute approximate surface area is 124 Å². The molecule has 6 nitrogen and oxygen atoms in total. The summed E-state index contributed by atoms with van der Waals surface area (Å²) in [5.74, 6) is 5.20. The second-order valence-electron chi connectivity index (χ2n) is 5.22. The third-order valence-electron chi connectivity index (χ3n) is 3.85. The lowest BCUT2D eigenvalue weighted by molar-refractivity contribution is -0.128. The summed E-state index contributed by atoms with van der Waals surface area (Å²) in [6, 6.07) is 9.17. The number of amides is 2. The molecule has 1 heterocycles. The van der Waals surface area contributed by atoms with Gasteiger partial charge in [-0.25, -0.2) is 5.84 Å². The fourth-order valence-electron chi connectivity index (χ4n) is 2.75. The van der Waals surface area contributed by atoms with Crippen LogP contribution in [0.3, 0.4) is 0 Å². The van der Waals surface area contributed by atoms with E-state index in [0.29, 0.717) is 13.1 Å². The van der Waals surface area contributed by atoms with Crippen LogP contribution < -0.4 is 11.3 Å². The first-order valence-corrected chi connectivity index (χ1v) is 7.18. The van der Waals surface area contributed by atoms with E-state index in [1.165, 1.54) is 0 Å². The van der Waals surface area contributed by atoms with Crippen LogP contribution in [-0.4, -0.2) is 47.8 Å². The number of carbonyl (C=O) groups excluding carboxylic acids is 2. The minimum absolute atomic E-state index is 0.0800. The van der Waals surface area contributed by atoms with Crippen molar-refractivity contribution in [1.29, 1.82) is 0 Å². The number of carbonyl (C=O) groups is 2. The highest BCUT2D eigenvalue weighted by Gasteiger charge is 2.29. The van der Waals surface area contributed by atoms with Crippen molar-refractivity contribution >= 4 is 11.8 Å². The smallest absolute Gasteiger partial charge is 0.255 e. The number of nitrogens with one attached hydrogen (secondary N) is 1. The molecule has 0 spiro atoms. The maximum Gasteiger partial charge on any atom is 0.255 e. The fraction of sp³-hybridized carbons (Fsp3) is 0.467. The van der Waals surface area contributed by atoms with Crippen LogP contribution in [0.4, 0.5) is 0 Å². The van der Waals surface area contributed by atoms with Crippen molar-refractivity contribution in [2.24, 2.45) is 5.84 Å². The molecule has 1 fully saturated rings. The molecule has 2 amide bonds. The van der Waals surface area contributed by atoms with Crippen LogP contribution >= 0.6 is 0 Å². The quantitative estimate of drug-likeness (QED) is 0.476. The summed E-state index contributed by atoms with van der Waals surface area (Å²) in [5, 5.41) is 0. The molecule has 3 N–H and O–H groups in total. The first-order valence-electron chi connectivity index (χ1n) is 7.18. The first kappa shape index (κ1) is 15.5. The summed E-state index contributed by atoms with van der Waals surface area (Å²) >= 11 is 0. The normalized spacial score (nSPS) is 17.9. The molecule has 114 valence electrons. The van der Waals surface area contributed by atoms with Gasteiger partial charge < -0.3 is 4.90 Å². The predicted molar refractivity (Wildman–Crippen MR) is 80.0 cm³/mol. The highest BCUT2D eigenvalue weighted by molar-refractivity contribution is 5.82. The topological polar surface area (TPSA) is 78.7 Å². The Balaban J connectivity index is 2.18. The molecule has 6 heteroatoms. The van der Waals surface area contributed by atoms with Gasteiger partial charge in [-0.1, -0.05) is 30.3 Å². The Kier molecular flexibility index (Phi) is 5.30. The monoisotopic (exact) mass is 290 g/mol. The van der Waals surface area contributed by atoms with Crippen LogP contribution in [0.2, 0.25) is 0 Å². The molecule has 0 saturated carbocycles. The molecular weight excluding hydrogens is 268 g/mol. The van der Waals surface area contributed by atoms with E-state index in [9.17, 15) is 9.59 Å². The molecule has 1 unspecified atom stereocenters. The van der Waals surface area contributed by atoms with Crippen molar-refractivity contribution in [3.63, 3.8) is 0 Å². The van der Waals surface area contributed by atoms with Gasteiger partial charge in [-0.15, -0.1) is 0 Å². The van der Waals surface area contributed by atoms with E-state index in [-0.39, 0.29) is 11.8 Å². The second-order valence-corrected chi connectivity index (χ2v) is 5.22. The maximum atomic E-state index is 12.2. The number of benzene rings is 1. The summed E-state index contributed by atoms with van der Waals surface area (Å²) < 4.78 is 0. The summed E-state index contributed by atoms with van der Waals surface area (Å²) in [6.45, 7) is 4.37. The van der Waals surface area contributed by atoms with Crippen molar-refractivity contribution in [3.05, 3.63) is 35.9 Å². The number of nitrogens with zero attached hydrogens (tertiary/aromatic N) is 2. The molecule has 1 aliphatic rings. The zero-order chi connectivity index (χ0) is 15.2. The van der Waals surface area contributed by atoms with E-state index in [1.807, 2.05) is 35.2 Å². The molecule has 1 aliphatic heterocycles. The van der Waals surface area contributed by atoms with Gasteiger partial charge >= 0.3 is 0 Å². The van der Waals surface area contributed by atoms with Crippen molar-refractivity contribution in [1.82, 2.24) is 15.2 Å². The summed E-state index contributed by atoms with van der Waals surface area (Å²) in [6.07, 6.45) is 0.848. The molecule has 1 aromatic carbocycles.